The molecule has 0 spiro atoms. The maximum Gasteiger partial charge on any atom is 0.438 e. The maximum atomic E-state index is 14.6. The third-order valence-corrected chi connectivity index (χ3v) is 5.38. The average molecular weight is 414 g/mol. The van der Waals surface area contributed by atoms with Gasteiger partial charge < -0.3 is 4.42 Å². The third-order valence-electron chi connectivity index (χ3n) is 4.13. The van der Waals surface area contributed by atoms with Crippen LogP contribution in [-0.4, -0.2) is 35.3 Å². The van der Waals surface area contributed by atoms with Gasteiger partial charge in [0.15, 0.2) is 0 Å². The summed E-state index contributed by atoms with van der Waals surface area (Å²) >= 11 is 0. The lowest BCUT2D eigenvalue weighted by atomic mass is 9.98. The monoisotopic (exact) mass is 414 g/mol. The Balaban J connectivity index is 2.36. The molecule has 1 heterocycles. The van der Waals surface area contributed by atoms with Crippen molar-refractivity contribution in [2.75, 3.05) is 12.8 Å². The summed E-state index contributed by atoms with van der Waals surface area (Å²) in [5, 5.41) is 12.5. The molecule has 1 atom stereocenters. The molecule has 2 rings (SSSR count). The molecule has 0 N–H and O–H groups in total. The van der Waals surface area contributed by atoms with E-state index >= 15 is 0 Å². The Morgan fingerprint density at radius 1 is 1.36 bits per heavy atom. The summed E-state index contributed by atoms with van der Waals surface area (Å²) in [4.78, 5) is 11.6. The van der Waals surface area contributed by atoms with Gasteiger partial charge in [-0.1, -0.05) is 6.92 Å². The van der Waals surface area contributed by atoms with Crippen molar-refractivity contribution in [3.8, 4) is 6.07 Å². The molecule has 0 amide bonds. The van der Waals surface area contributed by atoms with Crippen molar-refractivity contribution < 1.29 is 21.6 Å². The molecule has 0 bridgehead atoms. The van der Waals surface area contributed by atoms with Crippen molar-refractivity contribution in [3.63, 3.8) is 0 Å². The molecule has 28 heavy (non-hydrogen) atoms. The topological polar surface area (TPSA) is 109 Å². The number of rotatable bonds is 8. The van der Waals surface area contributed by atoms with Crippen LogP contribution in [0, 0.1) is 23.0 Å². The zero-order valence-corrected chi connectivity index (χ0v) is 16.5. The normalized spacial score (nSPS) is 12.9. The van der Waals surface area contributed by atoms with E-state index in [-0.39, 0.29) is 36.7 Å². The lowest BCUT2D eigenvalue weighted by molar-refractivity contribution is 0.399. The van der Waals surface area contributed by atoms with E-state index in [0.717, 1.165) is 27.4 Å². The Bertz CT molecular complexity index is 1060. The molecular formula is C17H20F2N4O4S. The van der Waals surface area contributed by atoms with Gasteiger partial charge in [-0.15, -0.1) is 5.10 Å². The van der Waals surface area contributed by atoms with Gasteiger partial charge in [-0.2, -0.15) is 14.2 Å². The molecule has 0 aliphatic carbocycles. The third kappa shape index (κ3) is 4.82. The van der Waals surface area contributed by atoms with E-state index in [1.54, 1.807) is 13.0 Å². The Labute approximate surface area is 161 Å². The van der Waals surface area contributed by atoms with E-state index in [1.165, 1.54) is 6.92 Å². The SMILES string of the molecule is CCCN(Cc1cc(F)c(C(C)c2nn(CC#N)c(=O)o2)cc1F)S(C)(=O)=O. The molecule has 0 saturated carbocycles. The Morgan fingerprint density at radius 2 is 2.04 bits per heavy atom. The van der Waals surface area contributed by atoms with Crippen molar-refractivity contribution >= 4 is 10.0 Å². The highest BCUT2D eigenvalue weighted by Crippen LogP contribution is 2.27. The lowest BCUT2D eigenvalue weighted by Gasteiger charge is -2.20. The van der Waals surface area contributed by atoms with Crippen LogP contribution in [0.2, 0.25) is 0 Å². The largest absolute Gasteiger partial charge is 0.438 e. The first kappa shape index (κ1) is 21.7. The van der Waals surface area contributed by atoms with Gasteiger partial charge in [0.05, 0.1) is 18.2 Å². The predicted octanol–water partition coefficient (Wildman–Crippen LogP) is 1.96. The van der Waals surface area contributed by atoms with Gasteiger partial charge in [0.25, 0.3) is 0 Å². The molecule has 0 saturated heterocycles. The molecule has 0 radical (unpaired) electrons. The quantitative estimate of drug-likeness (QED) is 0.653. The summed E-state index contributed by atoms with van der Waals surface area (Å²) in [5.74, 6) is -3.49. The smallest absolute Gasteiger partial charge is 0.392 e. The van der Waals surface area contributed by atoms with Crippen molar-refractivity contribution in [3.05, 3.63) is 51.3 Å². The van der Waals surface area contributed by atoms with Crippen molar-refractivity contribution in [2.24, 2.45) is 0 Å². The summed E-state index contributed by atoms with van der Waals surface area (Å²) in [6.07, 6.45) is 1.53. The standard InChI is InChI=1S/C17H20F2N4O4S/c1-4-6-22(28(3,25)26)10-12-8-15(19)13(9-14(12)18)11(2)16-21-23(7-5-20)17(24)27-16/h8-9,11H,4,6-7,10H2,1-3H3. The van der Waals surface area contributed by atoms with Gasteiger partial charge in [-0.3, -0.25) is 0 Å². The highest BCUT2D eigenvalue weighted by Gasteiger charge is 2.24. The molecule has 152 valence electrons. The molecule has 11 heteroatoms. The van der Waals surface area contributed by atoms with Crippen LogP contribution in [0.1, 0.15) is 43.2 Å². The second kappa shape index (κ2) is 8.62. The van der Waals surface area contributed by atoms with Gasteiger partial charge in [-0.25, -0.2) is 22.0 Å². The fourth-order valence-corrected chi connectivity index (χ4v) is 3.54. The first-order valence-corrected chi connectivity index (χ1v) is 10.3. The van der Waals surface area contributed by atoms with E-state index < -0.39 is 33.3 Å². The summed E-state index contributed by atoms with van der Waals surface area (Å²) in [7, 11) is -3.58. The zero-order chi connectivity index (χ0) is 21.1. The van der Waals surface area contributed by atoms with E-state index in [9.17, 15) is 22.0 Å². The number of nitriles is 1. The molecule has 1 unspecified atom stereocenters. The van der Waals surface area contributed by atoms with E-state index in [4.69, 9.17) is 9.68 Å². The number of benzene rings is 1. The summed E-state index contributed by atoms with van der Waals surface area (Å²) in [6, 6.07) is 3.60. The van der Waals surface area contributed by atoms with Crippen LogP contribution in [0.5, 0.6) is 0 Å². The maximum absolute atomic E-state index is 14.6. The Hall–Kier alpha value is -2.58. The number of nitrogens with zero attached hydrogens (tertiary/aromatic N) is 4. The fraction of sp³-hybridized carbons (Fsp3) is 0.471. The number of aromatic nitrogens is 2. The van der Waals surface area contributed by atoms with E-state index in [0.29, 0.717) is 6.42 Å². The Kier molecular flexibility index (Phi) is 6.69. The van der Waals surface area contributed by atoms with Crippen molar-refractivity contribution in [1.82, 2.24) is 14.1 Å². The van der Waals surface area contributed by atoms with Crippen LogP contribution in [-0.2, 0) is 23.1 Å². The first-order valence-electron chi connectivity index (χ1n) is 8.46. The molecule has 1 aromatic heterocycles. The fourth-order valence-electron chi connectivity index (χ4n) is 2.66. The molecule has 2 aromatic rings. The predicted molar refractivity (Wildman–Crippen MR) is 95.8 cm³/mol. The van der Waals surface area contributed by atoms with Gasteiger partial charge >= 0.3 is 5.76 Å². The highest BCUT2D eigenvalue weighted by atomic mass is 32.2. The molecular weight excluding hydrogens is 394 g/mol. The van der Waals surface area contributed by atoms with Gasteiger partial charge in [0, 0.05) is 24.2 Å². The number of hydrogen-bond donors (Lipinski definition) is 0. The van der Waals surface area contributed by atoms with Crippen LogP contribution in [0.4, 0.5) is 8.78 Å². The van der Waals surface area contributed by atoms with E-state index in [2.05, 4.69) is 5.10 Å². The minimum absolute atomic E-state index is 0.104. The average Bonchev–Trinajstić information content (AvgIpc) is 2.97. The van der Waals surface area contributed by atoms with Crippen LogP contribution in [0.25, 0.3) is 0 Å². The second-order valence-electron chi connectivity index (χ2n) is 6.31. The second-order valence-corrected chi connectivity index (χ2v) is 8.29. The van der Waals surface area contributed by atoms with Crippen molar-refractivity contribution in [2.45, 2.75) is 39.3 Å². The zero-order valence-electron chi connectivity index (χ0n) is 15.6. The number of halogens is 2. The molecule has 0 aliphatic heterocycles. The molecule has 0 aliphatic rings. The van der Waals surface area contributed by atoms with Gasteiger partial charge in [-0.05, 0) is 25.5 Å². The highest BCUT2D eigenvalue weighted by molar-refractivity contribution is 7.88. The number of sulfonamides is 1. The van der Waals surface area contributed by atoms with Crippen LogP contribution in [0.3, 0.4) is 0 Å². The minimum Gasteiger partial charge on any atom is -0.392 e. The Morgan fingerprint density at radius 3 is 2.61 bits per heavy atom. The van der Waals surface area contributed by atoms with E-state index in [1.807, 2.05) is 0 Å². The van der Waals surface area contributed by atoms with Gasteiger partial charge in [0.1, 0.15) is 18.2 Å². The van der Waals surface area contributed by atoms with Crippen molar-refractivity contribution in [1.29, 1.82) is 5.26 Å². The number of hydrogen-bond acceptors (Lipinski definition) is 6. The summed E-state index contributed by atoms with van der Waals surface area (Å²) in [6.45, 7) is 2.80. The van der Waals surface area contributed by atoms with Crippen LogP contribution < -0.4 is 5.76 Å². The summed E-state index contributed by atoms with van der Waals surface area (Å²) < 4.78 is 59.5. The van der Waals surface area contributed by atoms with Gasteiger partial charge in [0.2, 0.25) is 15.9 Å². The molecule has 8 nitrogen and oxygen atoms in total. The van der Waals surface area contributed by atoms with Crippen LogP contribution in [0.15, 0.2) is 21.3 Å². The molecule has 1 aromatic carbocycles. The first-order chi connectivity index (χ1) is 13.1. The molecule has 0 fully saturated rings. The summed E-state index contributed by atoms with van der Waals surface area (Å²) in [5.41, 5.74) is -0.211. The minimum atomic E-state index is -3.58. The lowest BCUT2D eigenvalue weighted by Crippen LogP contribution is -2.30. The van der Waals surface area contributed by atoms with Crippen LogP contribution >= 0.6 is 0 Å².